The Morgan fingerprint density at radius 3 is 2.35 bits per heavy atom. The molecule has 2 unspecified atom stereocenters. The first-order valence-corrected chi connectivity index (χ1v) is 7.30. The highest BCUT2D eigenvalue weighted by molar-refractivity contribution is 7.46. The highest BCUT2D eigenvalue weighted by Crippen LogP contribution is 2.43. The summed E-state index contributed by atoms with van der Waals surface area (Å²) < 4.78 is 26.3. The maximum atomic E-state index is 10.9. The Labute approximate surface area is 103 Å². The van der Waals surface area contributed by atoms with E-state index >= 15 is 0 Å². The molecule has 17 heavy (non-hydrogen) atoms. The van der Waals surface area contributed by atoms with Crippen LogP contribution in [0.25, 0.3) is 0 Å². The van der Waals surface area contributed by atoms with Gasteiger partial charge in [0.15, 0.2) is 0 Å². The van der Waals surface area contributed by atoms with Gasteiger partial charge in [0.2, 0.25) is 5.79 Å². The SMILES string of the molecule is CCCCOC(C)(OP(=O)(O)O)C(C)OCC. The van der Waals surface area contributed by atoms with Crippen molar-refractivity contribution in [2.45, 2.75) is 52.4 Å². The Kier molecular flexibility index (Phi) is 7.47. The average Bonchev–Trinajstić information content (AvgIpc) is 2.15. The van der Waals surface area contributed by atoms with Crippen molar-refractivity contribution in [3.05, 3.63) is 0 Å². The van der Waals surface area contributed by atoms with Gasteiger partial charge in [-0.2, -0.15) is 0 Å². The fourth-order valence-corrected chi connectivity index (χ4v) is 1.95. The van der Waals surface area contributed by atoms with Crippen LogP contribution in [0, 0.1) is 0 Å². The highest BCUT2D eigenvalue weighted by Gasteiger charge is 2.40. The number of ether oxygens (including phenoxy) is 2. The summed E-state index contributed by atoms with van der Waals surface area (Å²) in [4.78, 5) is 17.8. The van der Waals surface area contributed by atoms with Crippen molar-refractivity contribution in [3.63, 3.8) is 0 Å². The average molecular weight is 270 g/mol. The first-order valence-electron chi connectivity index (χ1n) is 5.77. The van der Waals surface area contributed by atoms with E-state index in [9.17, 15) is 4.57 Å². The maximum absolute atomic E-state index is 10.9. The molecular weight excluding hydrogens is 247 g/mol. The van der Waals surface area contributed by atoms with E-state index in [4.69, 9.17) is 23.8 Å². The van der Waals surface area contributed by atoms with Crippen LogP contribution in [-0.2, 0) is 18.6 Å². The Bertz CT molecular complexity index is 253. The predicted octanol–water partition coefficient (Wildman–Crippen LogP) is 2.05. The van der Waals surface area contributed by atoms with Crippen LogP contribution in [0.3, 0.4) is 0 Å². The minimum absolute atomic E-state index is 0.365. The molecule has 0 aliphatic heterocycles. The molecule has 6 nitrogen and oxygen atoms in total. The van der Waals surface area contributed by atoms with E-state index in [-0.39, 0.29) is 0 Å². The van der Waals surface area contributed by atoms with Gasteiger partial charge in [0.1, 0.15) is 6.10 Å². The summed E-state index contributed by atoms with van der Waals surface area (Å²) in [5.74, 6) is -1.44. The lowest BCUT2D eigenvalue weighted by molar-refractivity contribution is -0.240. The van der Waals surface area contributed by atoms with Crippen LogP contribution < -0.4 is 0 Å². The fourth-order valence-electron chi connectivity index (χ4n) is 1.27. The number of phosphoric ester groups is 1. The van der Waals surface area contributed by atoms with Gasteiger partial charge in [-0.25, -0.2) is 4.57 Å². The zero-order valence-electron chi connectivity index (χ0n) is 10.9. The lowest BCUT2D eigenvalue weighted by Crippen LogP contribution is -2.44. The van der Waals surface area contributed by atoms with Gasteiger partial charge in [-0.15, -0.1) is 0 Å². The summed E-state index contributed by atoms with van der Waals surface area (Å²) >= 11 is 0. The van der Waals surface area contributed by atoms with E-state index in [2.05, 4.69) is 0 Å². The van der Waals surface area contributed by atoms with Crippen LogP contribution in [0.1, 0.15) is 40.5 Å². The standard InChI is InChI=1S/C10H23O6P/c1-5-7-8-15-10(4,9(3)14-6-2)16-17(11,12)13/h9H,5-8H2,1-4H3,(H2,11,12,13). The van der Waals surface area contributed by atoms with Crippen LogP contribution in [-0.4, -0.2) is 34.9 Å². The van der Waals surface area contributed by atoms with Gasteiger partial charge in [-0.05, 0) is 27.2 Å². The lowest BCUT2D eigenvalue weighted by atomic mass is 10.2. The second-order valence-electron chi connectivity index (χ2n) is 3.90. The molecule has 0 aromatic heterocycles. The van der Waals surface area contributed by atoms with E-state index in [1.165, 1.54) is 6.92 Å². The number of phosphoric acid groups is 1. The van der Waals surface area contributed by atoms with Crippen molar-refractivity contribution in [3.8, 4) is 0 Å². The lowest BCUT2D eigenvalue weighted by Gasteiger charge is -2.34. The molecule has 0 rings (SSSR count). The number of hydrogen-bond donors (Lipinski definition) is 2. The summed E-state index contributed by atoms with van der Waals surface area (Å²) in [7, 11) is -4.62. The van der Waals surface area contributed by atoms with E-state index in [0.29, 0.717) is 13.2 Å². The molecule has 0 aliphatic rings. The Morgan fingerprint density at radius 2 is 1.94 bits per heavy atom. The van der Waals surface area contributed by atoms with Crippen molar-refractivity contribution < 1.29 is 28.3 Å². The summed E-state index contributed by atoms with van der Waals surface area (Å²) in [5, 5.41) is 0. The largest absolute Gasteiger partial charge is 0.472 e. The number of unbranched alkanes of at least 4 members (excludes halogenated alkanes) is 1. The van der Waals surface area contributed by atoms with Crippen molar-refractivity contribution >= 4 is 7.82 Å². The summed E-state index contributed by atoms with van der Waals surface area (Å²) in [6.45, 7) is 7.70. The van der Waals surface area contributed by atoms with Gasteiger partial charge >= 0.3 is 7.82 Å². The van der Waals surface area contributed by atoms with Crippen LogP contribution in [0.5, 0.6) is 0 Å². The van der Waals surface area contributed by atoms with Gasteiger partial charge in [0, 0.05) is 6.61 Å². The predicted molar refractivity (Wildman–Crippen MR) is 63.5 cm³/mol. The molecule has 0 spiro atoms. The zero-order valence-corrected chi connectivity index (χ0v) is 11.8. The molecule has 0 aromatic carbocycles. The van der Waals surface area contributed by atoms with Crippen molar-refractivity contribution in [2.75, 3.05) is 13.2 Å². The molecule has 104 valence electrons. The molecule has 0 fully saturated rings. The summed E-state index contributed by atoms with van der Waals surface area (Å²) in [5.41, 5.74) is 0. The van der Waals surface area contributed by atoms with Crippen LogP contribution in [0.2, 0.25) is 0 Å². The van der Waals surface area contributed by atoms with Gasteiger partial charge in [0.05, 0.1) is 6.61 Å². The van der Waals surface area contributed by atoms with Crippen molar-refractivity contribution in [1.29, 1.82) is 0 Å². The number of rotatable bonds is 9. The molecule has 0 saturated carbocycles. The molecule has 2 atom stereocenters. The minimum atomic E-state index is -4.62. The molecule has 0 amide bonds. The highest BCUT2D eigenvalue weighted by atomic mass is 31.2. The van der Waals surface area contributed by atoms with Gasteiger partial charge in [-0.3, -0.25) is 4.52 Å². The molecule has 2 N–H and O–H groups in total. The second kappa shape index (κ2) is 7.46. The van der Waals surface area contributed by atoms with Gasteiger partial charge in [-0.1, -0.05) is 13.3 Å². The molecule has 0 aromatic rings. The molecule has 7 heteroatoms. The third-order valence-corrected chi connectivity index (χ3v) is 2.94. The number of hydrogen-bond acceptors (Lipinski definition) is 4. The fraction of sp³-hybridized carbons (Fsp3) is 1.00. The third kappa shape index (κ3) is 7.13. The zero-order chi connectivity index (χ0) is 13.5. The summed E-state index contributed by atoms with van der Waals surface area (Å²) in [6, 6.07) is 0. The second-order valence-corrected chi connectivity index (χ2v) is 5.06. The van der Waals surface area contributed by atoms with E-state index < -0.39 is 19.7 Å². The molecule has 0 saturated heterocycles. The molecular formula is C10H23O6P. The van der Waals surface area contributed by atoms with E-state index in [0.717, 1.165) is 12.8 Å². The minimum Gasteiger partial charge on any atom is -0.373 e. The maximum Gasteiger partial charge on any atom is 0.472 e. The molecule has 0 bridgehead atoms. The van der Waals surface area contributed by atoms with Crippen molar-refractivity contribution in [1.82, 2.24) is 0 Å². The first-order chi connectivity index (χ1) is 7.75. The van der Waals surface area contributed by atoms with E-state index in [1.807, 2.05) is 6.92 Å². The smallest absolute Gasteiger partial charge is 0.373 e. The molecule has 0 aliphatic carbocycles. The normalized spacial score (nSPS) is 17.8. The van der Waals surface area contributed by atoms with Crippen molar-refractivity contribution in [2.24, 2.45) is 0 Å². The topological polar surface area (TPSA) is 85.2 Å². The van der Waals surface area contributed by atoms with Crippen LogP contribution in [0.4, 0.5) is 0 Å². The Morgan fingerprint density at radius 1 is 1.35 bits per heavy atom. The van der Waals surface area contributed by atoms with Crippen LogP contribution >= 0.6 is 7.82 Å². The Hall–Kier alpha value is 0.0300. The van der Waals surface area contributed by atoms with Crippen LogP contribution in [0.15, 0.2) is 0 Å². The summed E-state index contributed by atoms with van der Waals surface area (Å²) in [6.07, 6.45) is 1.14. The molecule has 0 radical (unpaired) electrons. The Balaban J connectivity index is 4.61. The third-order valence-electron chi connectivity index (χ3n) is 2.34. The van der Waals surface area contributed by atoms with Gasteiger partial charge < -0.3 is 19.3 Å². The van der Waals surface area contributed by atoms with Gasteiger partial charge in [0.25, 0.3) is 0 Å². The monoisotopic (exact) mass is 270 g/mol. The van der Waals surface area contributed by atoms with E-state index in [1.54, 1.807) is 13.8 Å². The first kappa shape index (κ1) is 17.0. The molecule has 0 heterocycles. The quantitative estimate of drug-likeness (QED) is 0.379.